The van der Waals surface area contributed by atoms with Crippen LogP contribution in [0.2, 0.25) is 0 Å². The Hall–Kier alpha value is -0.220. The van der Waals surface area contributed by atoms with Gasteiger partial charge in [-0.05, 0) is 0 Å². The van der Waals surface area contributed by atoms with Gasteiger partial charge in [-0.2, -0.15) is 4.31 Å². The number of aliphatic hydroxyl groups excluding tert-OH is 1. The van der Waals surface area contributed by atoms with Crippen LogP contribution in [0.3, 0.4) is 0 Å². The third kappa shape index (κ3) is 4.51. The second-order valence-electron chi connectivity index (χ2n) is 3.97. The number of ether oxygens (including phenoxy) is 1. The molecule has 1 rings (SSSR count). The highest BCUT2D eigenvalue weighted by Gasteiger charge is 2.32. The third-order valence-electron chi connectivity index (χ3n) is 2.45. The van der Waals surface area contributed by atoms with E-state index in [9.17, 15) is 16.8 Å². The SMILES string of the molecule is CS(=O)(=O)CCS(=O)(=O)N1CCOCC1CO. The van der Waals surface area contributed by atoms with Crippen LogP contribution in [0.15, 0.2) is 0 Å². The molecule has 0 aromatic heterocycles. The molecule has 1 aliphatic heterocycles. The van der Waals surface area contributed by atoms with E-state index in [1.807, 2.05) is 0 Å². The van der Waals surface area contributed by atoms with E-state index in [1.54, 1.807) is 0 Å². The molecule has 1 saturated heterocycles. The van der Waals surface area contributed by atoms with E-state index in [1.165, 1.54) is 0 Å². The first-order chi connectivity index (χ1) is 7.76. The summed E-state index contributed by atoms with van der Waals surface area (Å²) in [5.74, 6) is -0.868. The third-order valence-corrected chi connectivity index (χ3v) is 5.57. The Labute approximate surface area is 101 Å². The zero-order valence-corrected chi connectivity index (χ0v) is 11.2. The molecule has 1 N–H and O–H groups in total. The molecule has 102 valence electrons. The molecule has 17 heavy (non-hydrogen) atoms. The maximum atomic E-state index is 11.9. The lowest BCUT2D eigenvalue weighted by Crippen LogP contribution is -2.51. The van der Waals surface area contributed by atoms with E-state index in [2.05, 4.69) is 0 Å². The molecule has 1 fully saturated rings. The minimum Gasteiger partial charge on any atom is -0.395 e. The summed E-state index contributed by atoms with van der Waals surface area (Å²) >= 11 is 0. The molecule has 0 radical (unpaired) electrons. The molecule has 1 heterocycles. The first kappa shape index (κ1) is 14.8. The van der Waals surface area contributed by atoms with Crippen molar-refractivity contribution in [2.24, 2.45) is 0 Å². The van der Waals surface area contributed by atoms with Gasteiger partial charge in [0.25, 0.3) is 0 Å². The fourth-order valence-corrected chi connectivity index (χ4v) is 4.75. The number of hydrogen-bond donors (Lipinski definition) is 1. The lowest BCUT2D eigenvalue weighted by Gasteiger charge is -2.33. The molecule has 0 aromatic rings. The van der Waals surface area contributed by atoms with Crippen molar-refractivity contribution in [2.45, 2.75) is 6.04 Å². The smallest absolute Gasteiger partial charge is 0.215 e. The molecular weight excluding hydrogens is 270 g/mol. The molecule has 1 atom stereocenters. The molecular formula is C8H17NO6S2. The molecule has 0 aliphatic carbocycles. The molecule has 0 saturated carbocycles. The van der Waals surface area contributed by atoms with Crippen molar-refractivity contribution >= 4 is 19.9 Å². The summed E-state index contributed by atoms with van der Waals surface area (Å²) in [6.07, 6.45) is 0.991. The van der Waals surface area contributed by atoms with Crippen LogP contribution in [-0.2, 0) is 24.6 Å². The second-order valence-corrected chi connectivity index (χ2v) is 8.27. The first-order valence-electron chi connectivity index (χ1n) is 5.12. The van der Waals surface area contributed by atoms with Crippen molar-refractivity contribution in [3.05, 3.63) is 0 Å². The van der Waals surface area contributed by atoms with E-state index in [0.29, 0.717) is 0 Å². The zero-order chi connectivity index (χ0) is 13.1. The van der Waals surface area contributed by atoms with Crippen LogP contribution < -0.4 is 0 Å². The van der Waals surface area contributed by atoms with Gasteiger partial charge in [0.15, 0.2) is 0 Å². The van der Waals surface area contributed by atoms with Gasteiger partial charge in [0.2, 0.25) is 10.0 Å². The second kappa shape index (κ2) is 5.61. The summed E-state index contributed by atoms with van der Waals surface area (Å²) in [4.78, 5) is 0. The Kier molecular flexibility index (Phi) is 4.90. The van der Waals surface area contributed by atoms with Crippen molar-refractivity contribution in [1.82, 2.24) is 4.31 Å². The van der Waals surface area contributed by atoms with E-state index in [0.717, 1.165) is 10.6 Å². The van der Waals surface area contributed by atoms with Gasteiger partial charge in [-0.25, -0.2) is 16.8 Å². The van der Waals surface area contributed by atoms with Crippen LogP contribution in [0.1, 0.15) is 0 Å². The minimum atomic E-state index is -3.66. The Bertz CT molecular complexity index is 443. The molecule has 0 aromatic carbocycles. The highest BCUT2D eigenvalue weighted by Crippen LogP contribution is 2.12. The van der Waals surface area contributed by atoms with Crippen LogP contribution in [0.5, 0.6) is 0 Å². The van der Waals surface area contributed by atoms with Crippen LogP contribution in [0.25, 0.3) is 0 Å². The van der Waals surface area contributed by atoms with Gasteiger partial charge in [-0.3, -0.25) is 0 Å². The predicted molar refractivity (Wildman–Crippen MR) is 61.9 cm³/mol. The number of sulfone groups is 1. The molecule has 0 spiro atoms. The fraction of sp³-hybridized carbons (Fsp3) is 1.00. The minimum absolute atomic E-state index is 0.134. The monoisotopic (exact) mass is 287 g/mol. The maximum Gasteiger partial charge on any atom is 0.215 e. The van der Waals surface area contributed by atoms with Crippen LogP contribution in [0, 0.1) is 0 Å². The van der Waals surface area contributed by atoms with Crippen molar-refractivity contribution in [1.29, 1.82) is 0 Å². The summed E-state index contributed by atoms with van der Waals surface area (Å²) in [5, 5.41) is 9.05. The van der Waals surface area contributed by atoms with Gasteiger partial charge in [0.05, 0.1) is 37.4 Å². The summed E-state index contributed by atoms with van der Waals surface area (Å²) in [6, 6.07) is -0.617. The molecule has 7 nitrogen and oxygen atoms in total. The quantitative estimate of drug-likeness (QED) is 0.631. The van der Waals surface area contributed by atoms with Gasteiger partial charge in [-0.1, -0.05) is 0 Å². The van der Waals surface area contributed by atoms with Crippen molar-refractivity contribution in [3.63, 3.8) is 0 Å². The standard InChI is InChI=1S/C8H17NO6S2/c1-16(11,12)4-5-17(13,14)9-2-3-15-7-8(9)6-10/h8,10H,2-7H2,1H3. The molecule has 0 bridgehead atoms. The number of hydrogen-bond acceptors (Lipinski definition) is 6. The number of morpholine rings is 1. The van der Waals surface area contributed by atoms with E-state index >= 15 is 0 Å². The number of sulfonamides is 1. The van der Waals surface area contributed by atoms with E-state index in [4.69, 9.17) is 9.84 Å². The van der Waals surface area contributed by atoms with E-state index < -0.39 is 37.4 Å². The predicted octanol–water partition coefficient (Wildman–Crippen LogP) is -1.95. The summed E-state index contributed by atoms with van der Waals surface area (Å²) in [5.41, 5.74) is 0. The summed E-state index contributed by atoms with van der Waals surface area (Å²) in [6.45, 7) is 0.207. The van der Waals surface area contributed by atoms with Crippen LogP contribution in [-0.4, -0.2) is 76.4 Å². The van der Waals surface area contributed by atoms with Gasteiger partial charge < -0.3 is 9.84 Å². The van der Waals surface area contributed by atoms with Gasteiger partial charge in [0, 0.05) is 12.8 Å². The molecule has 9 heteroatoms. The van der Waals surface area contributed by atoms with Crippen LogP contribution >= 0.6 is 0 Å². The Morgan fingerprint density at radius 3 is 2.47 bits per heavy atom. The highest BCUT2D eigenvalue weighted by atomic mass is 32.2. The number of rotatable bonds is 5. The Morgan fingerprint density at radius 1 is 1.29 bits per heavy atom. The largest absolute Gasteiger partial charge is 0.395 e. The highest BCUT2D eigenvalue weighted by molar-refractivity contribution is 7.93. The zero-order valence-electron chi connectivity index (χ0n) is 9.57. The molecule has 1 aliphatic rings. The van der Waals surface area contributed by atoms with Crippen LogP contribution in [0.4, 0.5) is 0 Å². The summed E-state index contributed by atoms with van der Waals surface area (Å²) in [7, 11) is -6.98. The first-order valence-corrected chi connectivity index (χ1v) is 8.79. The lowest BCUT2D eigenvalue weighted by atomic mass is 10.3. The van der Waals surface area contributed by atoms with Crippen molar-refractivity contribution in [3.8, 4) is 0 Å². The van der Waals surface area contributed by atoms with Crippen molar-refractivity contribution in [2.75, 3.05) is 44.1 Å². The number of nitrogens with zero attached hydrogens (tertiary/aromatic N) is 1. The molecule has 0 amide bonds. The molecule has 1 unspecified atom stereocenters. The normalized spacial score (nSPS) is 23.8. The maximum absolute atomic E-state index is 11.9. The topological polar surface area (TPSA) is 101 Å². The average Bonchev–Trinajstić information content (AvgIpc) is 2.26. The number of aliphatic hydroxyl groups is 1. The lowest BCUT2D eigenvalue weighted by molar-refractivity contribution is 0.0110. The van der Waals surface area contributed by atoms with Crippen molar-refractivity contribution < 1.29 is 26.7 Å². The Balaban J connectivity index is 2.74. The fourth-order valence-electron chi connectivity index (χ4n) is 1.52. The van der Waals surface area contributed by atoms with Gasteiger partial charge in [0.1, 0.15) is 9.84 Å². The van der Waals surface area contributed by atoms with E-state index in [-0.39, 0.29) is 26.4 Å². The van der Waals surface area contributed by atoms with Gasteiger partial charge in [-0.15, -0.1) is 0 Å². The van der Waals surface area contributed by atoms with Gasteiger partial charge >= 0.3 is 0 Å². The average molecular weight is 287 g/mol. The summed E-state index contributed by atoms with van der Waals surface area (Å²) < 4.78 is 51.9. The Morgan fingerprint density at radius 2 is 1.94 bits per heavy atom.